The summed E-state index contributed by atoms with van der Waals surface area (Å²) in [5.74, 6) is -3.41. The zero-order chi connectivity index (χ0) is 40.4. The van der Waals surface area contributed by atoms with Crippen molar-refractivity contribution in [2.75, 3.05) is 38.0 Å². The van der Waals surface area contributed by atoms with Crippen LogP contribution in [0.25, 0.3) is 0 Å². The Kier molecular flexibility index (Phi) is 13.4. The van der Waals surface area contributed by atoms with Crippen LogP contribution >= 0.6 is 0 Å². The van der Waals surface area contributed by atoms with E-state index in [2.05, 4.69) is 21.3 Å². The fraction of sp³-hybridized carbons (Fsp3) is 0.390. The van der Waals surface area contributed by atoms with Crippen LogP contribution in [-0.4, -0.2) is 96.9 Å². The number of hydrogen-bond acceptors (Lipinski definition) is 9. The number of nitrogens with zero attached hydrogens (tertiary/aromatic N) is 1. The van der Waals surface area contributed by atoms with Crippen molar-refractivity contribution in [3.8, 4) is 0 Å². The molecular weight excluding hydrogens is 702 g/mol. The fourth-order valence-corrected chi connectivity index (χ4v) is 6.90. The van der Waals surface area contributed by atoms with Crippen LogP contribution in [0.2, 0.25) is 1.41 Å². The Labute approximate surface area is 321 Å². The van der Waals surface area contributed by atoms with Gasteiger partial charge in [0, 0.05) is 48.4 Å². The summed E-state index contributed by atoms with van der Waals surface area (Å²) in [6.45, 7) is 3.69. The molecule has 1 fully saturated rings. The standard InChI is InChI=1S/C41H49N7O7/c1-25(2)21-31(47-40(54)32(46-34(49)23-42)22-26-11-4-3-5-12-26)39(53)45-24-35(50)48-20-9-17-33(48)41(55)44-19-10-18-43-30-16-8-15-29-36(30)38(52)28-14-7-6-13-27(28)37(29)51/h3-8,11-16,25,31-33,43H,9-10,17-24,42H2,1-2H3,(H,44,55)(H,45,53)(H,46,49)(H,47,54)/t31-,32-,33-/m0/s1/i/hD. The molecule has 3 atom stereocenters. The average molecular weight is 753 g/mol. The van der Waals surface area contributed by atoms with E-state index in [4.69, 9.17) is 7.15 Å². The van der Waals surface area contributed by atoms with Gasteiger partial charge >= 0.3 is 0 Å². The number of likely N-dealkylation sites (tertiary alicyclic amines) is 1. The summed E-state index contributed by atoms with van der Waals surface area (Å²) in [5.41, 5.74) is 8.19. The Morgan fingerprint density at radius 3 is 2.24 bits per heavy atom. The Bertz CT molecular complexity index is 1960. The Morgan fingerprint density at radius 2 is 1.53 bits per heavy atom. The first-order valence-corrected chi connectivity index (χ1v) is 18.7. The molecule has 5 rings (SSSR count). The maximum Gasteiger partial charge on any atom is 0.243 e. The lowest BCUT2D eigenvalue weighted by Crippen LogP contribution is -2.56. The van der Waals surface area contributed by atoms with Crippen molar-refractivity contribution in [1.29, 1.82) is 0 Å². The summed E-state index contributed by atoms with van der Waals surface area (Å²) in [5, 5.41) is 11.9. The minimum Gasteiger partial charge on any atom is -0.384 e. The van der Waals surface area contributed by atoms with Crippen molar-refractivity contribution in [2.45, 2.75) is 64.1 Å². The van der Waals surface area contributed by atoms with E-state index in [1.165, 1.54) is 4.90 Å². The molecule has 0 unspecified atom stereocenters. The van der Waals surface area contributed by atoms with Gasteiger partial charge < -0.3 is 37.2 Å². The van der Waals surface area contributed by atoms with Gasteiger partial charge in [0.25, 0.3) is 0 Å². The van der Waals surface area contributed by atoms with Crippen LogP contribution in [0.3, 0.4) is 0 Å². The van der Waals surface area contributed by atoms with Gasteiger partial charge in [-0.2, -0.15) is 0 Å². The number of amides is 5. The molecule has 14 nitrogen and oxygen atoms in total. The number of carbonyl (C=O) groups excluding carboxylic acids is 7. The Balaban J connectivity index is 1.13. The monoisotopic (exact) mass is 752 g/mol. The van der Waals surface area contributed by atoms with Gasteiger partial charge in [0.2, 0.25) is 29.5 Å². The summed E-state index contributed by atoms with van der Waals surface area (Å²) in [7, 11) is 0. The van der Waals surface area contributed by atoms with E-state index in [1.54, 1.807) is 66.7 Å². The zero-order valence-electron chi connectivity index (χ0n) is 32.1. The molecule has 55 heavy (non-hydrogen) atoms. The molecule has 0 radical (unpaired) electrons. The van der Waals surface area contributed by atoms with Crippen molar-refractivity contribution in [2.24, 2.45) is 11.7 Å². The molecule has 1 aliphatic heterocycles. The molecule has 290 valence electrons. The van der Waals surface area contributed by atoms with Gasteiger partial charge in [0.15, 0.2) is 13.0 Å². The van der Waals surface area contributed by atoms with Crippen molar-refractivity contribution in [3.63, 3.8) is 0 Å². The number of carbonyl (C=O) groups is 7. The highest BCUT2D eigenvalue weighted by Crippen LogP contribution is 2.32. The number of benzene rings is 3. The maximum absolute atomic E-state index is 13.5. The molecule has 1 heterocycles. The second-order valence-electron chi connectivity index (χ2n) is 14.1. The van der Waals surface area contributed by atoms with E-state index < -0.39 is 48.3 Å². The van der Waals surface area contributed by atoms with Crippen molar-refractivity contribution < 1.29 is 35.0 Å². The number of nitrogens with one attached hydrogen (secondary N) is 5. The molecule has 0 saturated carbocycles. The number of nitrogens with two attached hydrogens (primary N) is 1. The molecule has 1 saturated heterocycles. The van der Waals surface area contributed by atoms with Gasteiger partial charge in [0.1, 0.15) is 18.1 Å². The lowest BCUT2D eigenvalue weighted by molar-refractivity contribution is -0.139. The number of rotatable bonds is 17. The summed E-state index contributed by atoms with van der Waals surface area (Å²) in [6, 6.07) is 17.9. The molecule has 14 heteroatoms. The molecule has 3 aromatic carbocycles. The fourth-order valence-electron chi connectivity index (χ4n) is 6.90. The highest BCUT2D eigenvalue weighted by molar-refractivity contribution is 6.30. The van der Waals surface area contributed by atoms with Gasteiger partial charge in [-0.25, -0.2) is 0 Å². The number of anilines is 1. The van der Waals surface area contributed by atoms with E-state index in [9.17, 15) is 33.6 Å². The van der Waals surface area contributed by atoms with Crippen LogP contribution in [0, 0.1) is 5.92 Å². The Hall–Kier alpha value is -5.89. The molecule has 0 bridgehead atoms. The van der Waals surface area contributed by atoms with Crippen molar-refractivity contribution in [3.05, 3.63) is 101 Å². The molecule has 5 amide bonds. The predicted octanol–water partition coefficient (Wildman–Crippen LogP) is 1.70. The quantitative estimate of drug-likeness (QED) is 0.0867. The maximum atomic E-state index is 13.5. The van der Waals surface area contributed by atoms with Crippen LogP contribution in [0.15, 0.2) is 72.8 Å². The summed E-state index contributed by atoms with van der Waals surface area (Å²) in [4.78, 5) is 93.5. The molecule has 3 aromatic rings. The van der Waals surface area contributed by atoms with Crippen LogP contribution in [0.5, 0.6) is 0 Å². The van der Waals surface area contributed by atoms with Gasteiger partial charge in [0.05, 0.1) is 18.7 Å². The molecule has 0 aromatic heterocycles. The first-order valence-electron chi connectivity index (χ1n) is 19.1. The highest BCUT2D eigenvalue weighted by atomic mass is 16.2. The zero-order valence-corrected chi connectivity index (χ0v) is 31.1. The Morgan fingerprint density at radius 1 is 0.836 bits per heavy atom. The van der Waals surface area contributed by atoms with E-state index >= 15 is 0 Å². The van der Waals surface area contributed by atoms with E-state index in [1.807, 2.05) is 19.9 Å². The molecule has 0 spiro atoms. The summed E-state index contributed by atoms with van der Waals surface area (Å²) < 4.78 is 8.49. The van der Waals surface area contributed by atoms with Crippen LogP contribution in [-0.2, 0) is 30.4 Å². The second-order valence-corrected chi connectivity index (χ2v) is 14.1. The number of fused-ring (bicyclic) bond motifs is 2. The molecular formula is C41H49N7O7. The SMILES string of the molecule is [2H]N(CC(=O)N1CCC[C@H]1C(=O)NCCCNc1cccc2c1C(=O)c1ccccc1C2=O)C(=O)[C@H](CC(C)C)NC(=O)[C@H](Cc1ccccc1)NC(=O)CN. The van der Waals surface area contributed by atoms with Crippen LogP contribution in [0.1, 0.15) is 76.9 Å². The highest BCUT2D eigenvalue weighted by Gasteiger charge is 2.35. The van der Waals surface area contributed by atoms with Crippen molar-refractivity contribution in [1.82, 2.24) is 26.2 Å². The van der Waals surface area contributed by atoms with E-state index in [0.29, 0.717) is 59.1 Å². The smallest absolute Gasteiger partial charge is 0.243 e. The number of ketones is 2. The predicted molar refractivity (Wildman–Crippen MR) is 206 cm³/mol. The minimum absolute atomic E-state index is 0.0661. The summed E-state index contributed by atoms with van der Waals surface area (Å²) >= 11 is 0. The third kappa shape index (κ3) is 10.2. The van der Waals surface area contributed by atoms with Crippen LogP contribution < -0.4 is 32.3 Å². The van der Waals surface area contributed by atoms with E-state index in [0.717, 1.165) is 5.56 Å². The molecule has 2 aliphatic rings. The lowest BCUT2D eigenvalue weighted by Gasteiger charge is -2.26. The lowest BCUT2D eigenvalue weighted by atomic mass is 9.83. The van der Waals surface area contributed by atoms with Gasteiger partial charge in [-0.3, -0.25) is 33.6 Å². The number of hydrogen-bond donors (Lipinski definition) is 6. The first-order chi connectivity index (χ1) is 26.9. The van der Waals surface area contributed by atoms with Gasteiger partial charge in [-0.15, -0.1) is 0 Å². The van der Waals surface area contributed by atoms with Crippen molar-refractivity contribution >= 4 is 46.8 Å². The third-order valence-corrected chi connectivity index (χ3v) is 9.61. The van der Waals surface area contributed by atoms with Crippen LogP contribution in [0.4, 0.5) is 5.69 Å². The van der Waals surface area contributed by atoms with Gasteiger partial charge in [-0.05, 0) is 43.2 Å². The normalized spacial score (nSPS) is 16.0. The average Bonchev–Trinajstić information content (AvgIpc) is 3.70. The third-order valence-electron chi connectivity index (χ3n) is 9.61. The van der Waals surface area contributed by atoms with Gasteiger partial charge in [-0.1, -0.05) is 80.6 Å². The summed E-state index contributed by atoms with van der Waals surface area (Å²) in [6.07, 6.45) is 1.78. The first kappa shape index (κ1) is 38.8. The topological polar surface area (TPSA) is 209 Å². The van der Waals surface area contributed by atoms with E-state index in [-0.39, 0.29) is 55.9 Å². The minimum atomic E-state index is -1.15. The largest absolute Gasteiger partial charge is 0.384 e. The second kappa shape index (κ2) is 18.9. The molecule has 1 aliphatic carbocycles. The molecule has 7 N–H and O–H groups in total.